The van der Waals surface area contributed by atoms with Crippen LogP contribution in [0.5, 0.6) is 0 Å². The lowest BCUT2D eigenvalue weighted by Crippen LogP contribution is -2.39. The van der Waals surface area contributed by atoms with Crippen LogP contribution in [0.25, 0.3) is 0 Å². The second-order valence-corrected chi connectivity index (χ2v) is 7.12. The highest BCUT2D eigenvalue weighted by Crippen LogP contribution is 2.21. The number of carbonyl (C=O) groups excluding carboxylic acids is 1. The largest absolute Gasteiger partial charge is 0.462 e. The van der Waals surface area contributed by atoms with Gasteiger partial charge < -0.3 is 15.4 Å². The van der Waals surface area contributed by atoms with Gasteiger partial charge in [-0.2, -0.15) is 11.3 Å². The zero-order valence-electron chi connectivity index (χ0n) is 14.7. The summed E-state index contributed by atoms with van der Waals surface area (Å²) in [4.78, 5) is 16.0. The summed E-state index contributed by atoms with van der Waals surface area (Å²) >= 11 is 1.72. The molecule has 0 aliphatic heterocycles. The van der Waals surface area contributed by atoms with Crippen molar-refractivity contribution in [1.82, 2.24) is 10.6 Å². The van der Waals surface area contributed by atoms with Crippen molar-refractivity contribution >= 4 is 23.3 Å². The molecule has 0 amide bonds. The van der Waals surface area contributed by atoms with E-state index in [4.69, 9.17) is 4.74 Å². The minimum Gasteiger partial charge on any atom is -0.462 e. The van der Waals surface area contributed by atoms with Crippen molar-refractivity contribution in [3.63, 3.8) is 0 Å². The van der Waals surface area contributed by atoms with Crippen LogP contribution in [0, 0.1) is 0 Å². The van der Waals surface area contributed by atoms with Gasteiger partial charge in [-0.1, -0.05) is 6.92 Å². The predicted molar refractivity (Wildman–Crippen MR) is 99.7 cm³/mol. The quantitative estimate of drug-likeness (QED) is 0.326. The van der Waals surface area contributed by atoms with E-state index in [1.54, 1.807) is 18.4 Å². The molecular weight excluding hydrogens is 322 g/mol. The molecule has 1 aliphatic rings. The molecule has 1 atom stereocenters. The number of nitrogens with one attached hydrogen (secondary N) is 2. The monoisotopic (exact) mass is 351 g/mol. The van der Waals surface area contributed by atoms with E-state index in [1.165, 1.54) is 18.4 Å². The molecule has 24 heavy (non-hydrogen) atoms. The van der Waals surface area contributed by atoms with Crippen molar-refractivity contribution in [2.45, 2.75) is 57.5 Å². The number of nitrogens with zero attached hydrogens (tertiary/aromatic N) is 1. The summed E-state index contributed by atoms with van der Waals surface area (Å²) in [5.41, 5.74) is 1.35. The van der Waals surface area contributed by atoms with Gasteiger partial charge in [0, 0.05) is 26.6 Å². The molecule has 2 N–H and O–H groups in total. The number of aliphatic imine (C=N–C) groups is 1. The Kier molecular flexibility index (Phi) is 8.08. The predicted octanol–water partition coefficient (Wildman–Crippen LogP) is 3.28. The van der Waals surface area contributed by atoms with Gasteiger partial charge in [-0.3, -0.25) is 9.79 Å². The van der Waals surface area contributed by atoms with Crippen molar-refractivity contribution in [3.05, 3.63) is 22.4 Å². The summed E-state index contributed by atoms with van der Waals surface area (Å²) in [6.07, 6.45) is 5.82. The van der Waals surface area contributed by atoms with Crippen LogP contribution in [0.1, 0.15) is 56.9 Å². The first-order valence-corrected chi connectivity index (χ1v) is 9.79. The van der Waals surface area contributed by atoms with Crippen LogP contribution in [0.4, 0.5) is 0 Å². The summed E-state index contributed by atoms with van der Waals surface area (Å²) < 4.78 is 5.45. The summed E-state index contributed by atoms with van der Waals surface area (Å²) in [5, 5.41) is 10.9. The molecule has 1 saturated carbocycles. The molecule has 0 spiro atoms. The molecule has 1 aromatic heterocycles. The van der Waals surface area contributed by atoms with E-state index in [2.05, 4.69) is 39.4 Å². The zero-order chi connectivity index (χ0) is 17.2. The fourth-order valence-corrected chi connectivity index (χ4v) is 3.62. The molecular formula is C18H29N3O2S. The third-order valence-corrected chi connectivity index (χ3v) is 5.06. The Labute approximate surface area is 148 Å². The summed E-state index contributed by atoms with van der Waals surface area (Å²) in [7, 11) is 1.76. The van der Waals surface area contributed by atoms with E-state index in [9.17, 15) is 4.79 Å². The Morgan fingerprint density at radius 1 is 1.42 bits per heavy atom. The van der Waals surface area contributed by atoms with Crippen molar-refractivity contribution in [2.75, 3.05) is 20.1 Å². The van der Waals surface area contributed by atoms with Crippen LogP contribution < -0.4 is 10.6 Å². The number of esters is 1. The fraction of sp³-hybridized carbons (Fsp3) is 0.667. The lowest BCUT2D eigenvalue weighted by Gasteiger charge is -2.15. The molecule has 1 aliphatic carbocycles. The molecule has 6 heteroatoms. The smallest absolute Gasteiger partial charge is 0.306 e. The first-order chi connectivity index (χ1) is 11.7. The number of guanidine groups is 1. The maximum atomic E-state index is 11.8. The Bertz CT molecular complexity index is 510. The van der Waals surface area contributed by atoms with Crippen LogP contribution in [-0.4, -0.2) is 38.2 Å². The minimum atomic E-state index is -0.0715. The van der Waals surface area contributed by atoms with Crippen molar-refractivity contribution < 1.29 is 9.53 Å². The van der Waals surface area contributed by atoms with Gasteiger partial charge in [0.2, 0.25) is 0 Å². The Morgan fingerprint density at radius 2 is 2.21 bits per heavy atom. The molecule has 134 valence electrons. The topological polar surface area (TPSA) is 62.7 Å². The lowest BCUT2D eigenvalue weighted by atomic mass is 10.1. The highest BCUT2D eigenvalue weighted by atomic mass is 32.1. The molecule has 5 nitrogen and oxygen atoms in total. The average molecular weight is 352 g/mol. The Morgan fingerprint density at radius 3 is 2.88 bits per heavy atom. The maximum Gasteiger partial charge on any atom is 0.306 e. The number of rotatable bonds is 8. The van der Waals surface area contributed by atoms with Gasteiger partial charge in [-0.15, -0.1) is 0 Å². The van der Waals surface area contributed by atoms with Crippen LogP contribution in [0.15, 0.2) is 21.8 Å². The molecule has 0 aromatic carbocycles. The second-order valence-electron chi connectivity index (χ2n) is 6.34. The normalized spacial score (nSPS) is 16.8. The van der Waals surface area contributed by atoms with E-state index < -0.39 is 0 Å². The molecule has 1 fully saturated rings. The Balaban J connectivity index is 1.57. The number of carbonyl (C=O) groups is 1. The molecule has 0 bridgehead atoms. The Hall–Kier alpha value is -1.56. The van der Waals surface area contributed by atoms with E-state index in [0.717, 1.165) is 31.8 Å². The maximum absolute atomic E-state index is 11.8. The van der Waals surface area contributed by atoms with Crippen LogP contribution in [0.2, 0.25) is 0 Å². The van der Waals surface area contributed by atoms with Crippen LogP contribution in [-0.2, 0) is 9.53 Å². The van der Waals surface area contributed by atoms with Gasteiger partial charge in [-0.25, -0.2) is 0 Å². The third-order valence-electron chi connectivity index (χ3n) is 4.36. The zero-order valence-corrected chi connectivity index (χ0v) is 15.5. The molecule has 0 radical (unpaired) electrons. The summed E-state index contributed by atoms with van der Waals surface area (Å²) in [6, 6.07) is 2.16. The summed E-state index contributed by atoms with van der Waals surface area (Å²) in [6.45, 7) is 3.74. The summed E-state index contributed by atoms with van der Waals surface area (Å²) in [5.74, 6) is 1.15. The fourth-order valence-electron chi connectivity index (χ4n) is 2.83. The lowest BCUT2D eigenvalue weighted by molar-refractivity contribution is -0.148. The number of ether oxygens (including phenoxy) is 1. The third kappa shape index (κ3) is 6.51. The van der Waals surface area contributed by atoms with E-state index in [1.807, 2.05) is 0 Å². The van der Waals surface area contributed by atoms with Gasteiger partial charge in [0.15, 0.2) is 5.96 Å². The van der Waals surface area contributed by atoms with Gasteiger partial charge >= 0.3 is 5.97 Å². The minimum absolute atomic E-state index is 0.0715. The van der Waals surface area contributed by atoms with Crippen molar-refractivity contribution in [1.29, 1.82) is 0 Å². The van der Waals surface area contributed by atoms with E-state index in [0.29, 0.717) is 18.9 Å². The van der Waals surface area contributed by atoms with Gasteiger partial charge in [-0.05, 0) is 60.4 Å². The molecule has 1 heterocycles. The van der Waals surface area contributed by atoms with E-state index >= 15 is 0 Å². The first-order valence-electron chi connectivity index (χ1n) is 8.85. The average Bonchev–Trinajstić information content (AvgIpc) is 3.27. The van der Waals surface area contributed by atoms with Crippen LogP contribution >= 0.6 is 11.3 Å². The molecule has 2 rings (SSSR count). The van der Waals surface area contributed by atoms with Gasteiger partial charge in [0.25, 0.3) is 0 Å². The molecule has 1 aromatic rings. The highest BCUT2D eigenvalue weighted by Gasteiger charge is 2.18. The van der Waals surface area contributed by atoms with Gasteiger partial charge in [0.1, 0.15) is 6.10 Å². The SMILES string of the molecule is CN=C(NCCCC(=O)OC1CCCC1)NCC(C)c1ccsc1. The van der Waals surface area contributed by atoms with Gasteiger partial charge in [0.05, 0.1) is 0 Å². The standard InChI is InChI=1S/C18H29N3O2S/c1-14(15-9-11-24-13-15)12-21-18(19-2)20-10-5-8-17(22)23-16-6-3-4-7-16/h9,11,13-14,16H,3-8,10,12H2,1-2H3,(H2,19,20,21). The van der Waals surface area contributed by atoms with Crippen molar-refractivity contribution in [3.8, 4) is 0 Å². The van der Waals surface area contributed by atoms with E-state index in [-0.39, 0.29) is 12.1 Å². The first kappa shape index (κ1) is 18.8. The number of hydrogen-bond acceptors (Lipinski definition) is 4. The van der Waals surface area contributed by atoms with Crippen LogP contribution in [0.3, 0.4) is 0 Å². The highest BCUT2D eigenvalue weighted by molar-refractivity contribution is 7.07. The molecule has 0 saturated heterocycles. The number of hydrogen-bond donors (Lipinski definition) is 2. The van der Waals surface area contributed by atoms with Crippen molar-refractivity contribution in [2.24, 2.45) is 4.99 Å². The second kappa shape index (κ2) is 10.3. The number of thiophene rings is 1. The molecule has 1 unspecified atom stereocenters.